The van der Waals surface area contributed by atoms with Crippen LogP contribution in [0.4, 0.5) is 0 Å². The van der Waals surface area contributed by atoms with E-state index in [1.54, 1.807) is 11.0 Å². The average molecular weight is 439 g/mol. The maximum Gasteiger partial charge on any atom is 0.229 e. The summed E-state index contributed by atoms with van der Waals surface area (Å²) < 4.78 is 1.71. The highest BCUT2D eigenvalue weighted by molar-refractivity contribution is 5.84. The molecule has 4 rings (SSSR count). The first-order valence-corrected chi connectivity index (χ1v) is 11.5. The highest BCUT2D eigenvalue weighted by Gasteiger charge is 2.23. The molecular weight excluding hydrogens is 408 g/mol. The Morgan fingerprint density at radius 2 is 1.58 bits per heavy atom. The number of carbonyl (C=O) groups is 1. The molecule has 1 aromatic heterocycles. The summed E-state index contributed by atoms with van der Waals surface area (Å²) in [7, 11) is 0. The van der Waals surface area contributed by atoms with Gasteiger partial charge in [-0.3, -0.25) is 9.48 Å². The summed E-state index contributed by atoms with van der Waals surface area (Å²) in [6.07, 6.45) is 5.38. The van der Waals surface area contributed by atoms with Crippen LogP contribution < -0.4 is 5.32 Å². The number of nitrogens with one attached hydrogen (secondary N) is 1. The molecule has 0 saturated heterocycles. The lowest BCUT2D eigenvalue weighted by Crippen LogP contribution is -2.33. The first kappa shape index (κ1) is 22.5. The van der Waals surface area contributed by atoms with Gasteiger partial charge in [-0.1, -0.05) is 92.2 Å². The maximum absolute atomic E-state index is 13.3. The molecule has 33 heavy (non-hydrogen) atoms. The predicted octanol–water partition coefficient (Wildman–Crippen LogP) is 5.56. The zero-order chi connectivity index (χ0) is 23.0. The Kier molecular flexibility index (Phi) is 7.30. The fourth-order valence-electron chi connectivity index (χ4n) is 4.05. The van der Waals surface area contributed by atoms with E-state index in [2.05, 4.69) is 58.7 Å². The third kappa shape index (κ3) is 5.75. The molecule has 5 nitrogen and oxygen atoms in total. The molecule has 1 amide bonds. The van der Waals surface area contributed by atoms with Gasteiger partial charge in [0.2, 0.25) is 5.91 Å². The molecule has 0 aliphatic carbocycles. The van der Waals surface area contributed by atoms with Crippen molar-refractivity contribution in [3.05, 3.63) is 108 Å². The van der Waals surface area contributed by atoms with Crippen LogP contribution in [0.25, 0.3) is 11.1 Å². The molecule has 1 heterocycles. The van der Waals surface area contributed by atoms with Gasteiger partial charge in [0.05, 0.1) is 18.5 Å². The molecule has 5 heteroatoms. The Morgan fingerprint density at radius 1 is 0.909 bits per heavy atom. The molecule has 168 valence electrons. The molecule has 4 aromatic rings. The molecule has 0 radical (unpaired) electrons. The molecule has 0 aliphatic rings. The average Bonchev–Trinajstić information content (AvgIpc) is 3.37. The molecular formula is C28H30N4O. The molecule has 0 spiro atoms. The van der Waals surface area contributed by atoms with Crippen LogP contribution in [0.2, 0.25) is 0 Å². The Morgan fingerprint density at radius 3 is 2.18 bits per heavy atom. The second-order valence-corrected chi connectivity index (χ2v) is 8.38. The largest absolute Gasteiger partial charge is 0.349 e. The minimum Gasteiger partial charge on any atom is -0.349 e. The molecule has 0 bridgehead atoms. The van der Waals surface area contributed by atoms with E-state index in [-0.39, 0.29) is 17.9 Å². The van der Waals surface area contributed by atoms with Crippen molar-refractivity contribution in [2.24, 2.45) is 0 Å². The third-order valence-corrected chi connectivity index (χ3v) is 5.95. The number of hydrogen-bond donors (Lipinski definition) is 1. The highest BCUT2D eigenvalue weighted by atomic mass is 16.2. The Bertz CT molecular complexity index is 1140. The van der Waals surface area contributed by atoms with Crippen molar-refractivity contribution in [2.45, 2.75) is 45.2 Å². The van der Waals surface area contributed by atoms with Crippen molar-refractivity contribution >= 4 is 5.91 Å². The van der Waals surface area contributed by atoms with E-state index in [4.69, 9.17) is 0 Å². The molecule has 2 atom stereocenters. The Balaban J connectivity index is 1.54. The number of hydrogen-bond acceptors (Lipinski definition) is 3. The molecule has 1 unspecified atom stereocenters. The van der Waals surface area contributed by atoms with E-state index < -0.39 is 0 Å². The van der Waals surface area contributed by atoms with E-state index in [1.165, 1.54) is 17.5 Å². The molecule has 0 fully saturated rings. The van der Waals surface area contributed by atoms with Crippen LogP contribution in [0, 0.1) is 0 Å². The van der Waals surface area contributed by atoms with Crippen LogP contribution in [0.15, 0.2) is 91.5 Å². The van der Waals surface area contributed by atoms with Gasteiger partial charge in [-0.15, -0.1) is 0 Å². The number of amides is 1. The number of rotatable bonds is 9. The number of carbonyl (C=O) groups excluding carboxylic acids is 1. The lowest BCUT2D eigenvalue weighted by molar-refractivity contribution is -0.123. The van der Waals surface area contributed by atoms with Crippen molar-refractivity contribution in [1.29, 1.82) is 0 Å². The number of nitrogens with zero attached hydrogens (tertiary/aromatic N) is 3. The van der Waals surface area contributed by atoms with Gasteiger partial charge in [-0.25, -0.2) is 4.98 Å². The monoisotopic (exact) mass is 438 g/mol. The van der Waals surface area contributed by atoms with Gasteiger partial charge in [-0.2, -0.15) is 5.10 Å². The maximum atomic E-state index is 13.3. The van der Waals surface area contributed by atoms with Crippen LogP contribution in [0.5, 0.6) is 0 Å². The van der Waals surface area contributed by atoms with Crippen LogP contribution in [0.1, 0.15) is 48.9 Å². The minimum atomic E-state index is -0.376. The smallest absolute Gasteiger partial charge is 0.229 e. The summed E-state index contributed by atoms with van der Waals surface area (Å²) in [4.78, 5) is 17.4. The van der Waals surface area contributed by atoms with Gasteiger partial charge >= 0.3 is 0 Å². The van der Waals surface area contributed by atoms with Gasteiger partial charge < -0.3 is 5.32 Å². The summed E-state index contributed by atoms with van der Waals surface area (Å²) in [6, 6.07) is 26.9. The Labute approximate surface area is 195 Å². The van der Waals surface area contributed by atoms with Crippen molar-refractivity contribution in [1.82, 2.24) is 20.1 Å². The third-order valence-electron chi connectivity index (χ3n) is 5.95. The topological polar surface area (TPSA) is 59.8 Å². The lowest BCUT2D eigenvalue weighted by Gasteiger charge is -2.21. The number of aromatic nitrogens is 3. The fraction of sp³-hybridized carbons (Fsp3) is 0.250. The van der Waals surface area contributed by atoms with Crippen LogP contribution in [-0.2, 0) is 17.8 Å². The predicted molar refractivity (Wildman–Crippen MR) is 132 cm³/mol. The van der Waals surface area contributed by atoms with Crippen molar-refractivity contribution < 1.29 is 4.79 Å². The fourth-order valence-corrected chi connectivity index (χ4v) is 4.05. The van der Waals surface area contributed by atoms with Crippen molar-refractivity contribution in [3.63, 3.8) is 0 Å². The number of aryl methyl sites for hydroxylation is 1. The van der Waals surface area contributed by atoms with E-state index >= 15 is 0 Å². The molecule has 0 aliphatic heterocycles. The van der Waals surface area contributed by atoms with Gasteiger partial charge in [0.25, 0.3) is 0 Å². The van der Waals surface area contributed by atoms with Gasteiger partial charge in [0, 0.05) is 0 Å². The van der Waals surface area contributed by atoms with E-state index in [9.17, 15) is 4.79 Å². The summed E-state index contributed by atoms with van der Waals surface area (Å²) in [5, 5.41) is 7.39. The van der Waals surface area contributed by atoms with Gasteiger partial charge in [0.15, 0.2) is 0 Å². The van der Waals surface area contributed by atoms with Crippen molar-refractivity contribution in [2.75, 3.05) is 0 Å². The molecule has 3 aromatic carbocycles. The first-order chi connectivity index (χ1) is 16.1. The second kappa shape index (κ2) is 10.7. The molecule has 0 saturated carbocycles. The van der Waals surface area contributed by atoms with Crippen molar-refractivity contribution in [3.8, 4) is 11.1 Å². The zero-order valence-corrected chi connectivity index (χ0v) is 19.2. The van der Waals surface area contributed by atoms with E-state index in [0.29, 0.717) is 6.54 Å². The number of benzene rings is 3. The zero-order valence-electron chi connectivity index (χ0n) is 19.2. The van der Waals surface area contributed by atoms with Crippen LogP contribution >= 0.6 is 0 Å². The standard InChI is InChI=1S/C28H30N4O/c1-3-7-22-10-12-24(13-11-22)25-14-16-26(17-15-25)27(18-32-20-29-19-30-32)28(33)31-21(2)23-8-5-4-6-9-23/h4-6,8-17,19-21,27H,3,7,18H2,1-2H3,(H,31,33)/t21-,27?/m1/s1. The first-order valence-electron chi connectivity index (χ1n) is 11.5. The lowest BCUT2D eigenvalue weighted by atomic mass is 9.94. The minimum absolute atomic E-state index is 0.0291. The summed E-state index contributed by atoms with van der Waals surface area (Å²) in [6.45, 7) is 4.63. The Hall–Kier alpha value is -3.73. The summed E-state index contributed by atoms with van der Waals surface area (Å²) >= 11 is 0. The quantitative estimate of drug-likeness (QED) is 0.372. The summed E-state index contributed by atoms with van der Waals surface area (Å²) in [5.41, 5.74) is 5.70. The van der Waals surface area contributed by atoms with Gasteiger partial charge in [-0.05, 0) is 41.2 Å². The SMILES string of the molecule is CCCc1ccc(-c2ccc(C(Cn3cncn3)C(=O)N[C@H](C)c3ccccc3)cc2)cc1. The van der Waals surface area contributed by atoms with Gasteiger partial charge in [0.1, 0.15) is 12.7 Å². The normalized spacial score (nSPS) is 12.8. The van der Waals surface area contributed by atoms with E-state index in [0.717, 1.165) is 29.5 Å². The van der Waals surface area contributed by atoms with Crippen LogP contribution in [0.3, 0.4) is 0 Å². The second-order valence-electron chi connectivity index (χ2n) is 8.38. The van der Waals surface area contributed by atoms with Crippen LogP contribution in [-0.4, -0.2) is 20.7 Å². The molecule has 1 N–H and O–H groups in total. The highest BCUT2D eigenvalue weighted by Crippen LogP contribution is 2.25. The van der Waals surface area contributed by atoms with E-state index in [1.807, 2.05) is 49.4 Å². The summed E-state index contributed by atoms with van der Waals surface area (Å²) in [5.74, 6) is -0.405.